The van der Waals surface area contributed by atoms with Crippen LogP contribution in [0.15, 0.2) is 0 Å². The fraction of sp³-hybridized carbons (Fsp3) is 0.765. The molecule has 2 aliphatic carbocycles. The van der Waals surface area contributed by atoms with Crippen molar-refractivity contribution in [3.63, 3.8) is 0 Å². The Hall–Kier alpha value is -1.72. The molecular formula is C17H26N6. The van der Waals surface area contributed by atoms with E-state index in [-0.39, 0.29) is 0 Å². The van der Waals surface area contributed by atoms with Gasteiger partial charge in [-0.05, 0) is 56.8 Å². The van der Waals surface area contributed by atoms with Crippen LogP contribution in [0.4, 0.5) is 0 Å². The summed E-state index contributed by atoms with van der Waals surface area (Å²) >= 11 is 0. The molecule has 0 fully saturated rings. The average Bonchev–Trinajstić information content (AvgIpc) is 2.90. The molecule has 4 rings (SSSR count). The van der Waals surface area contributed by atoms with Gasteiger partial charge in [0, 0.05) is 13.1 Å². The van der Waals surface area contributed by atoms with E-state index in [1.165, 1.54) is 42.0 Å². The molecular weight excluding hydrogens is 288 g/mol. The minimum absolute atomic E-state index is 0.726. The molecule has 2 heterocycles. The highest BCUT2D eigenvalue weighted by atomic mass is 15.4. The van der Waals surface area contributed by atoms with E-state index in [0.29, 0.717) is 0 Å². The van der Waals surface area contributed by atoms with Crippen molar-refractivity contribution in [2.24, 2.45) is 11.8 Å². The molecule has 124 valence electrons. The summed E-state index contributed by atoms with van der Waals surface area (Å²) in [6.45, 7) is 6.77. The fourth-order valence-electron chi connectivity index (χ4n) is 3.76. The lowest BCUT2D eigenvalue weighted by molar-refractivity contribution is 0.334. The van der Waals surface area contributed by atoms with Gasteiger partial charge >= 0.3 is 0 Å². The van der Waals surface area contributed by atoms with Gasteiger partial charge < -0.3 is 0 Å². The molecule has 6 nitrogen and oxygen atoms in total. The monoisotopic (exact) mass is 314 g/mol. The number of hydrogen-bond donors (Lipinski definition) is 0. The van der Waals surface area contributed by atoms with Crippen LogP contribution >= 0.6 is 0 Å². The van der Waals surface area contributed by atoms with Crippen molar-refractivity contribution in [2.45, 2.75) is 71.9 Å². The van der Waals surface area contributed by atoms with E-state index in [1.54, 1.807) is 0 Å². The van der Waals surface area contributed by atoms with Crippen molar-refractivity contribution in [3.8, 4) is 0 Å². The van der Waals surface area contributed by atoms with E-state index in [2.05, 4.69) is 43.8 Å². The molecule has 0 N–H and O–H groups in total. The van der Waals surface area contributed by atoms with Gasteiger partial charge in [0.05, 0.1) is 22.8 Å². The summed E-state index contributed by atoms with van der Waals surface area (Å²) in [6, 6.07) is 0. The molecule has 23 heavy (non-hydrogen) atoms. The van der Waals surface area contributed by atoms with Crippen LogP contribution in [-0.2, 0) is 38.8 Å². The van der Waals surface area contributed by atoms with Crippen molar-refractivity contribution >= 4 is 0 Å². The molecule has 0 aliphatic heterocycles. The van der Waals surface area contributed by atoms with Gasteiger partial charge in [0.15, 0.2) is 0 Å². The second-order valence-corrected chi connectivity index (χ2v) is 7.44. The summed E-state index contributed by atoms with van der Waals surface area (Å²) in [6.07, 6.45) is 8.22. The molecule has 0 bridgehead atoms. The lowest BCUT2D eigenvalue weighted by Gasteiger charge is -2.19. The van der Waals surface area contributed by atoms with Crippen molar-refractivity contribution in [3.05, 3.63) is 22.8 Å². The molecule has 2 atom stereocenters. The van der Waals surface area contributed by atoms with Gasteiger partial charge in [0.25, 0.3) is 0 Å². The van der Waals surface area contributed by atoms with Crippen molar-refractivity contribution < 1.29 is 0 Å². The summed E-state index contributed by atoms with van der Waals surface area (Å²) in [5.74, 6) is 1.45. The van der Waals surface area contributed by atoms with Crippen LogP contribution in [0.5, 0.6) is 0 Å². The predicted octanol–water partition coefficient (Wildman–Crippen LogP) is 2.21. The van der Waals surface area contributed by atoms with Gasteiger partial charge in [-0.1, -0.05) is 24.3 Å². The summed E-state index contributed by atoms with van der Waals surface area (Å²) in [5.41, 5.74) is 5.18. The number of aryl methyl sites for hydroxylation is 4. The molecule has 2 aromatic rings. The molecule has 0 saturated heterocycles. The number of nitrogens with zero attached hydrogens (tertiary/aromatic N) is 6. The van der Waals surface area contributed by atoms with E-state index >= 15 is 0 Å². The molecule has 2 unspecified atom stereocenters. The van der Waals surface area contributed by atoms with Gasteiger partial charge in [0.1, 0.15) is 0 Å². The summed E-state index contributed by atoms with van der Waals surface area (Å²) in [5, 5.41) is 17.0. The molecule has 0 spiro atoms. The highest BCUT2D eigenvalue weighted by Crippen LogP contribution is 2.24. The molecule has 0 radical (unpaired) electrons. The number of aromatic nitrogens is 6. The maximum absolute atomic E-state index is 4.27. The Morgan fingerprint density at radius 3 is 1.61 bits per heavy atom. The Labute approximate surface area is 137 Å². The zero-order chi connectivity index (χ0) is 15.8. The Kier molecular flexibility index (Phi) is 3.91. The van der Waals surface area contributed by atoms with Gasteiger partial charge in [-0.2, -0.15) is 0 Å². The molecule has 0 aromatic carbocycles. The van der Waals surface area contributed by atoms with Crippen LogP contribution in [0.1, 0.15) is 55.9 Å². The number of fused-ring (bicyclic) bond motifs is 2. The Bertz CT molecular complexity index is 627. The highest BCUT2D eigenvalue weighted by Gasteiger charge is 2.22. The fourth-order valence-corrected chi connectivity index (χ4v) is 3.76. The average molecular weight is 314 g/mol. The SMILES string of the molecule is CC(CCn1nnc2c1CC2)CC(C)CCn1nnc2c1CC2. The minimum atomic E-state index is 0.726. The number of hydrogen-bond acceptors (Lipinski definition) is 4. The zero-order valence-electron chi connectivity index (χ0n) is 14.2. The largest absolute Gasteiger partial charge is 0.249 e. The third-order valence-corrected chi connectivity index (χ3v) is 5.51. The lowest BCUT2D eigenvalue weighted by atomic mass is 9.92. The van der Waals surface area contributed by atoms with Crippen LogP contribution < -0.4 is 0 Å². The Balaban J connectivity index is 1.20. The maximum atomic E-state index is 4.27. The van der Waals surface area contributed by atoms with Crippen LogP contribution in [0.3, 0.4) is 0 Å². The van der Waals surface area contributed by atoms with Gasteiger partial charge in [-0.15, -0.1) is 10.2 Å². The molecule has 2 aliphatic rings. The lowest BCUT2D eigenvalue weighted by Crippen LogP contribution is -2.17. The van der Waals surface area contributed by atoms with E-state index in [0.717, 1.165) is 50.6 Å². The van der Waals surface area contributed by atoms with Crippen LogP contribution in [-0.4, -0.2) is 30.0 Å². The smallest absolute Gasteiger partial charge is 0.0863 e. The van der Waals surface area contributed by atoms with Crippen LogP contribution in [0.25, 0.3) is 0 Å². The molecule has 6 heteroatoms. The summed E-state index contributed by atoms with van der Waals surface area (Å²) in [4.78, 5) is 0. The normalized spacial score (nSPS) is 17.8. The van der Waals surface area contributed by atoms with E-state index < -0.39 is 0 Å². The first-order chi connectivity index (χ1) is 11.2. The third-order valence-electron chi connectivity index (χ3n) is 5.51. The molecule has 0 saturated carbocycles. The Morgan fingerprint density at radius 1 is 0.783 bits per heavy atom. The molecule has 0 amide bonds. The molecule has 2 aromatic heterocycles. The second kappa shape index (κ2) is 6.06. The first-order valence-electron chi connectivity index (χ1n) is 9.03. The quantitative estimate of drug-likeness (QED) is 0.749. The van der Waals surface area contributed by atoms with E-state index in [1.807, 2.05) is 0 Å². The minimum Gasteiger partial charge on any atom is -0.249 e. The first kappa shape index (κ1) is 14.8. The van der Waals surface area contributed by atoms with Gasteiger partial charge in [0.2, 0.25) is 0 Å². The number of rotatable bonds is 8. The predicted molar refractivity (Wildman–Crippen MR) is 87.0 cm³/mol. The van der Waals surface area contributed by atoms with Crippen molar-refractivity contribution in [1.82, 2.24) is 30.0 Å². The maximum Gasteiger partial charge on any atom is 0.0863 e. The summed E-state index contributed by atoms with van der Waals surface area (Å²) in [7, 11) is 0. The van der Waals surface area contributed by atoms with Crippen LogP contribution in [0, 0.1) is 11.8 Å². The van der Waals surface area contributed by atoms with Gasteiger partial charge in [-0.3, -0.25) is 0 Å². The van der Waals surface area contributed by atoms with E-state index in [9.17, 15) is 0 Å². The Morgan fingerprint density at radius 2 is 1.26 bits per heavy atom. The standard InChI is InChI=1S/C17H26N6/c1-12(7-9-22-16-5-3-14(16)18-20-22)11-13(2)8-10-23-17-6-4-15(17)19-21-23/h12-13H,3-11H2,1-2H3. The third kappa shape index (κ3) is 2.91. The highest BCUT2D eigenvalue weighted by molar-refractivity contribution is 5.21. The topological polar surface area (TPSA) is 61.4 Å². The van der Waals surface area contributed by atoms with E-state index in [4.69, 9.17) is 0 Å². The van der Waals surface area contributed by atoms with Crippen molar-refractivity contribution in [2.75, 3.05) is 0 Å². The van der Waals surface area contributed by atoms with Gasteiger partial charge in [-0.25, -0.2) is 9.36 Å². The zero-order valence-corrected chi connectivity index (χ0v) is 14.2. The van der Waals surface area contributed by atoms with Crippen LogP contribution in [0.2, 0.25) is 0 Å². The van der Waals surface area contributed by atoms with Crippen molar-refractivity contribution in [1.29, 1.82) is 0 Å². The first-order valence-corrected chi connectivity index (χ1v) is 9.03. The second-order valence-electron chi connectivity index (χ2n) is 7.44. The summed E-state index contributed by atoms with van der Waals surface area (Å²) < 4.78 is 4.24.